The van der Waals surface area contributed by atoms with Crippen molar-refractivity contribution in [3.05, 3.63) is 71.9 Å². The molecule has 1 aliphatic heterocycles. The van der Waals surface area contributed by atoms with E-state index in [9.17, 15) is 4.39 Å². The Morgan fingerprint density at radius 2 is 1.92 bits per heavy atom. The Labute approximate surface area is 216 Å². The summed E-state index contributed by atoms with van der Waals surface area (Å²) in [6.45, 7) is 3.29. The van der Waals surface area contributed by atoms with Crippen LogP contribution >= 0.6 is 0 Å². The molecule has 0 radical (unpaired) electrons. The fraction of sp³-hybridized carbons (Fsp3) is 0.200. The zero-order valence-electron chi connectivity index (χ0n) is 20.1. The third-order valence-electron chi connectivity index (χ3n) is 6.12. The highest BCUT2D eigenvalue weighted by Crippen LogP contribution is 2.25. The Balaban J connectivity index is 1.20. The van der Waals surface area contributed by atoms with Gasteiger partial charge in [-0.05, 0) is 24.3 Å². The summed E-state index contributed by atoms with van der Waals surface area (Å²) in [4.78, 5) is 15.3. The summed E-state index contributed by atoms with van der Waals surface area (Å²) < 4.78 is 21.4. The van der Waals surface area contributed by atoms with Gasteiger partial charge in [0.05, 0.1) is 67.9 Å². The van der Waals surface area contributed by atoms with E-state index in [1.165, 1.54) is 16.6 Å². The van der Waals surface area contributed by atoms with Gasteiger partial charge < -0.3 is 15.8 Å². The number of nitriles is 1. The normalized spacial score (nSPS) is 13.5. The van der Waals surface area contributed by atoms with Gasteiger partial charge in [-0.2, -0.15) is 24.7 Å². The average Bonchev–Trinajstić information content (AvgIpc) is 3.61. The molecule has 190 valence electrons. The first kappa shape index (κ1) is 23.3. The minimum atomic E-state index is -0.662. The highest BCUT2D eigenvalue weighted by Gasteiger charge is 2.16. The summed E-state index contributed by atoms with van der Waals surface area (Å²) >= 11 is 0. The number of halogens is 1. The van der Waals surface area contributed by atoms with Crippen LogP contribution in [0.1, 0.15) is 11.3 Å². The molecule has 6 rings (SSSR count). The predicted octanol–water partition coefficient (Wildman–Crippen LogP) is 2.22. The smallest absolute Gasteiger partial charge is 0.243 e. The number of pyridine rings is 1. The number of hydrogen-bond acceptors (Lipinski definition) is 10. The van der Waals surface area contributed by atoms with Gasteiger partial charge in [-0.15, -0.1) is 5.10 Å². The summed E-state index contributed by atoms with van der Waals surface area (Å²) in [5.74, 6) is -0.308. The van der Waals surface area contributed by atoms with Crippen molar-refractivity contribution in [3.8, 4) is 28.6 Å². The first-order chi connectivity index (χ1) is 18.6. The van der Waals surface area contributed by atoms with E-state index in [1.54, 1.807) is 18.3 Å². The number of morpholine rings is 1. The lowest BCUT2D eigenvalue weighted by molar-refractivity contribution is 0.109. The molecule has 1 saturated heterocycles. The van der Waals surface area contributed by atoms with E-state index in [4.69, 9.17) is 20.7 Å². The van der Waals surface area contributed by atoms with E-state index < -0.39 is 5.82 Å². The van der Waals surface area contributed by atoms with Crippen molar-refractivity contribution in [1.82, 2.24) is 34.5 Å². The summed E-state index contributed by atoms with van der Waals surface area (Å²) in [6.07, 6.45) is 3.75. The van der Waals surface area contributed by atoms with Crippen molar-refractivity contribution >= 4 is 17.5 Å². The molecule has 4 aromatic heterocycles. The molecular weight excluding hydrogens is 489 g/mol. The fourth-order valence-corrected chi connectivity index (χ4v) is 4.21. The minimum Gasteiger partial charge on any atom is -0.378 e. The predicted molar refractivity (Wildman–Crippen MR) is 137 cm³/mol. The molecule has 12 nitrogen and oxygen atoms in total. The quantitative estimate of drug-likeness (QED) is 0.348. The molecule has 0 spiro atoms. The van der Waals surface area contributed by atoms with Gasteiger partial charge in [0.25, 0.3) is 0 Å². The molecule has 0 bridgehead atoms. The maximum atomic E-state index is 14.7. The van der Waals surface area contributed by atoms with E-state index in [1.807, 2.05) is 35.3 Å². The molecule has 38 heavy (non-hydrogen) atoms. The van der Waals surface area contributed by atoms with Gasteiger partial charge in [-0.3, -0.25) is 9.99 Å². The zero-order chi connectivity index (χ0) is 26.1. The number of nitrogens with zero attached hydrogens (tertiary/aromatic N) is 9. The topological polar surface area (TPSA) is 148 Å². The van der Waals surface area contributed by atoms with Crippen molar-refractivity contribution in [2.75, 3.05) is 42.4 Å². The molecule has 13 heteroatoms. The van der Waals surface area contributed by atoms with E-state index in [-0.39, 0.29) is 22.8 Å². The standard InChI is InChI=1S/C25H22FN11O/c26-23-16(12-27)3-1-5-19(23)21-11-22-33-25(34-37(22)24(28)32-21)29-14-18-4-2-6-20(31-18)17-13-30-36(15-17)35-7-9-38-10-8-35/h1-6,11,13,15H,7-10,14H2,(H2,28,32)(H,29,34). The van der Waals surface area contributed by atoms with E-state index in [2.05, 4.69) is 30.5 Å². The van der Waals surface area contributed by atoms with Crippen LogP contribution in [0.3, 0.4) is 0 Å². The highest BCUT2D eigenvalue weighted by atomic mass is 19.1. The van der Waals surface area contributed by atoms with E-state index >= 15 is 0 Å². The van der Waals surface area contributed by atoms with E-state index in [0.717, 1.165) is 30.0 Å². The second-order valence-corrected chi connectivity index (χ2v) is 8.57. The van der Waals surface area contributed by atoms with Gasteiger partial charge >= 0.3 is 0 Å². The van der Waals surface area contributed by atoms with Crippen molar-refractivity contribution in [2.45, 2.75) is 6.54 Å². The summed E-state index contributed by atoms with van der Waals surface area (Å²) in [7, 11) is 0. The number of anilines is 2. The molecule has 0 unspecified atom stereocenters. The summed E-state index contributed by atoms with van der Waals surface area (Å²) in [5.41, 5.74) is 9.29. The Kier molecular flexibility index (Phi) is 5.98. The highest BCUT2D eigenvalue weighted by molar-refractivity contribution is 5.68. The van der Waals surface area contributed by atoms with Crippen LogP contribution in [0.2, 0.25) is 0 Å². The first-order valence-corrected chi connectivity index (χ1v) is 11.9. The van der Waals surface area contributed by atoms with Crippen LogP contribution in [0, 0.1) is 17.1 Å². The van der Waals surface area contributed by atoms with Gasteiger partial charge in [-0.25, -0.2) is 9.37 Å². The van der Waals surface area contributed by atoms with Gasteiger partial charge in [0.2, 0.25) is 11.9 Å². The van der Waals surface area contributed by atoms with Crippen LogP contribution in [0.15, 0.2) is 54.9 Å². The Morgan fingerprint density at radius 1 is 1.08 bits per heavy atom. The Bertz CT molecular complexity index is 1670. The molecule has 0 aliphatic carbocycles. The number of aromatic nitrogens is 7. The summed E-state index contributed by atoms with van der Waals surface area (Å²) in [6, 6.07) is 13.7. The molecule has 5 heterocycles. The number of ether oxygens (including phenoxy) is 1. The van der Waals surface area contributed by atoms with Crippen molar-refractivity contribution in [2.24, 2.45) is 0 Å². The maximum absolute atomic E-state index is 14.7. The van der Waals surface area contributed by atoms with Gasteiger partial charge in [0, 0.05) is 17.2 Å². The number of hydrogen-bond donors (Lipinski definition) is 2. The van der Waals surface area contributed by atoms with Crippen molar-refractivity contribution in [3.63, 3.8) is 0 Å². The second-order valence-electron chi connectivity index (χ2n) is 8.57. The van der Waals surface area contributed by atoms with E-state index in [0.29, 0.717) is 31.4 Å². The molecule has 1 fully saturated rings. The van der Waals surface area contributed by atoms with Gasteiger partial charge in [0.15, 0.2) is 5.65 Å². The van der Waals surface area contributed by atoms with Crippen LogP contribution in [0.4, 0.5) is 16.3 Å². The largest absolute Gasteiger partial charge is 0.378 e. The number of nitrogens with one attached hydrogen (secondary N) is 1. The lowest BCUT2D eigenvalue weighted by Gasteiger charge is -2.28. The lowest BCUT2D eigenvalue weighted by Crippen LogP contribution is -2.44. The maximum Gasteiger partial charge on any atom is 0.243 e. The molecule has 5 aromatic rings. The number of fused-ring (bicyclic) bond motifs is 1. The third-order valence-corrected chi connectivity index (χ3v) is 6.12. The van der Waals surface area contributed by atoms with Gasteiger partial charge in [-0.1, -0.05) is 12.1 Å². The van der Waals surface area contributed by atoms with Crippen LogP contribution in [0.5, 0.6) is 0 Å². The molecule has 1 aromatic carbocycles. The molecule has 1 aliphatic rings. The van der Waals surface area contributed by atoms with Gasteiger partial charge in [0.1, 0.15) is 11.9 Å². The number of rotatable bonds is 6. The Morgan fingerprint density at radius 3 is 2.76 bits per heavy atom. The first-order valence-electron chi connectivity index (χ1n) is 11.9. The Hall–Kier alpha value is -5.09. The average molecular weight is 512 g/mol. The lowest BCUT2D eigenvalue weighted by atomic mass is 10.1. The minimum absolute atomic E-state index is 0.0391. The third kappa shape index (κ3) is 4.44. The van der Waals surface area contributed by atoms with Crippen molar-refractivity contribution in [1.29, 1.82) is 5.26 Å². The molecule has 3 N–H and O–H groups in total. The fourth-order valence-electron chi connectivity index (χ4n) is 4.21. The molecule has 0 atom stereocenters. The second kappa shape index (κ2) is 9.75. The molecule has 0 saturated carbocycles. The summed E-state index contributed by atoms with van der Waals surface area (Å²) in [5, 5.41) is 23.2. The number of nitrogens with two attached hydrogens (primary N) is 1. The van der Waals surface area contributed by atoms with Crippen molar-refractivity contribution < 1.29 is 9.13 Å². The molecular formula is C25H22FN11O. The number of nitrogen functional groups attached to an aromatic ring is 1. The monoisotopic (exact) mass is 511 g/mol. The van der Waals surface area contributed by atoms with Crippen LogP contribution in [-0.2, 0) is 11.3 Å². The molecule has 0 amide bonds. The van der Waals surface area contributed by atoms with Crippen LogP contribution in [-0.4, -0.2) is 60.8 Å². The zero-order valence-corrected chi connectivity index (χ0v) is 20.1. The van der Waals surface area contributed by atoms with Crippen LogP contribution in [0.25, 0.3) is 28.2 Å². The van der Waals surface area contributed by atoms with Crippen LogP contribution < -0.4 is 16.1 Å². The number of benzene rings is 1. The SMILES string of the molecule is N#Cc1cccc(-c2cc3nc(NCc4cccc(-c5cnn(N6CCOCC6)c5)n4)nn3c(N)n2)c1F.